The van der Waals surface area contributed by atoms with Crippen molar-refractivity contribution in [3.05, 3.63) is 59.4 Å². The Bertz CT molecular complexity index is 775. The van der Waals surface area contributed by atoms with Crippen LogP contribution in [0.2, 0.25) is 0 Å². The molecule has 0 spiro atoms. The van der Waals surface area contributed by atoms with Crippen molar-refractivity contribution in [1.29, 1.82) is 0 Å². The van der Waals surface area contributed by atoms with E-state index in [-0.39, 0.29) is 18.0 Å². The van der Waals surface area contributed by atoms with E-state index < -0.39 is 11.8 Å². The molecule has 0 bridgehead atoms. The minimum atomic E-state index is -0.767. The number of halogens is 1. The van der Waals surface area contributed by atoms with E-state index in [4.69, 9.17) is 0 Å². The predicted molar refractivity (Wildman–Crippen MR) is 100 cm³/mol. The van der Waals surface area contributed by atoms with Crippen molar-refractivity contribution < 1.29 is 18.7 Å². The Morgan fingerprint density at radius 2 is 1.77 bits per heavy atom. The van der Waals surface area contributed by atoms with Crippen LogP contribution >= 0.6 is 0 Å². The second-order valence-corrected chi connectivity index (χ2v) is 6.02. The van der Waals surface area contributed by atoms with Gasteiger partial charge in [0.25, 0.3) is 0 Å². The van der Waals surface area contributed by atoms with E-state index in [2.05, 4.69) is 29.2 Å². The number of methoxy groups -OCH3 is 1. The van der Waals surface area contributed by atoms with Gasteiger partial charge in [-0.05, 0) is 48.2 Å². The topological polar surface area (TPSA) is 67.4 Å². The van der Waals surface area contributed by atoms with E-state index in [1.807, 2.05) is 24.3 Å². The summed E-state index contributed by atoms with van der Waals surface area (Å²) in [5.41, 5.74) is 2.20. The highest BCUT2D eigenvalue weighted by Crippen LogP contribution is 2.20. The third-order valence-electron chi connectivity index (χ3n) is 4.20. The number of esters is 1. The standard InChI is InChI=1S/C20H23FN2O3/c1-4-13(2)14-5-7-15(8-6-14)23-19(24)12-22-16-9-10-18(21)17(11-16)20(25)26-3/h5-11,13,22H,4,12H2,1-3H3,(H,23,24). The third-order valence-corrected chi connectivity index (χ3v) is 4.20. The summed E-state index contributed by atoms with van der Waals surface area (Å²) in [4.78, 5) is 23.6. The number of benzene rings is 2. The van der Waals surface area contributed by atoms with Crippen molar-refractivity contribution in [1.82, 2.24) is 0 Å². The van der Waals surface area contributed by atoms with Crippen LogP contribution in [0, 0.1) is 5.82 Å². The van der Waals surface area contributed by atoms with Crippen LogP contribution in [-0.2, 0) is 9.53 Å². The van der Waals surface area contributed by atoms with Gasteiger partial charge in [0, 0.05) is 11.4 Å². The molecule has 26 heavy (non-hydrogen) atoms. The number of anilines is 2. The first-order valence-electron chi connectivity index (χ1n) is 8.46. The summed E-state index contributed by atoms with van der Waals surface area (Å²) in [6.07, 6.45) is 1.06. The molecule has 0 aliphatic carbocycles. The van der Waals surface area contributed by atoms with E-state index in [1.165, 1.54) is 24.8 Å². The van der Waals surface area contributed by atoms with Crippen molar-refractivity contribution in [2.24, 2.45) is 0 Å². The van der Waals surface area contributed by atoms with Crippen LogP contribution in [0.4, 0.5) is 15.8 Å². The molecule has 0 fully saturated rings. The maximum absolute atomic E-state index is 13.6. The first kappa shape index (κ1) is 19.4. The summed E-state index contributed by atoms with van der Waals surface area (Å²) in [5, 5.41) is 5.65. The fourth-order valence-corrected chi connectivity index (χ4v) is 2.42. The number of hydrogen-bond donors (Lipinski definition) is 2. The molecule has 2 aromatic carbocycles. The zero-order valence-corrected chi connectivity index (χ0v) is 15.1. The molecule has 2 aromatic rings. The zero-order chi connectivity index (χ0) is 19.1. The molecule has 138 valence electrons. The number of hydrogen-bond acceptors (Lipinski definition) is 4. The van der Waals surface area contributed by atoms with E-state index in [0.29, 0.717) is 17.3 Å². The lowest BCUT2D eigenvalue weighted by Crippen LogP contribution is -2.22. The summed E-state index contributed by atoms with van der Waals surface area (Å²) in [6.45, 7) is 4.27. The quantitative estimate of drug-likeness (QED) is 0.729. The monoisotopic (exact) mass is 358 g/mol. The Kier molecular flexibility index (Phi) is 6.72. The minimum Gasteiger partial charge on any atom is -0.465 e. The van der Waals surface area contributed by atoms with E-state index in [0.717, 1.165) is 12.5 Å². The summed E-state index contributed by atoms with van der Waals surface area (Å²) >= 11 is 0. The van der Waals surface area contributed by atoms with Crippen LogP contribution in [0.5, 0.6) is 0 Å². The molecule has 0 radical (unpaired) electrons. The van der Waals surface area contributed by atoms with Crippen LogP contribution in [0.1, 0.15) is 42.1 Å². The van der Waals surface area contributed by atoms with Gasteiger partial charge >= 0.3 is 5.97 Å². The molecule has 0 aromatic heterocycles. The molecule has 1 unspecified atom stereocenters. The number of carbonyl (C=O) groups is 2. The van der Waals surface area contributed by atoms with Crippen molar-refractivity contribution in [2.45, 2.75) is 26.2 Å². The molecular weight excluding hydrogens is 335 g/mol. The Hall–Kier alpha value is -2.89. The Morgan fingerprint density at radius 1 is 1.12 bits per heavy atom. The second-order valence-electron chi connectivity index (χ2n) is 6.02. The molecule has 2 N–H and O–H groups in total. The maximum Gasteiger partial charge on any atom is 0.340 e. The van der Waals surface area contributed by atoms with Crippen molar-refractivity contribution >= 4 is 23.3 Å². The molecule has 1 atom stereocenters. The number of carbonyl (C=O) groups excluding carboxylic acids is 2. The van der Waals surface area contributed by atoms with E-state index in [1.54, 1.807) is 0 Å². The van der Waals surface area contributed by atoms with Gasteiger partial charge in [-0.3, -0.25) is 4.79 Å². The smallest absolute Gasteiger partial charge is 0.340 e. The number of ether oxygens (including phenoxy) is 1. The number of rotatable bonds is 7. The van der Waals surface area contributed by atoms with Crippen LogP contribution in [0.3, 0.4) is 0 Å². The molecule has 5 nitrogen and oxygen atoms in total. The van der Waals surface area contributed by atoms with Gasteiger partial charge < -0.3 is 15.4 Å². The molecule has 0 aliphatic rings. The third kappa shape index (κ3) is 5.05. The highest BCUT2D eigenvalue weighted by atomic mass is 19.1. The molecule has 0 saturated carbocycles. The average Bonchev–Trinajstić information content (AvgIpc) is 2.66. The van der Waals surface area contributed by atoms with Crippen LogP contribution in [-0.4, -0.2) is 25.5 Å². The largest absolute Gasteiger partial charge is 0.465 e. The van der Waals surface area contributed by atoms with Crippen LogP contribution < -0.4 is 10.6 Å². The second kappa shape index (κ2) is 8.99. The minimum absolute atomic E-state index is 0.0145. The first-order valence-corrected chi connectivity index (χ1v) is 8.46. The number of nitrogens with one attached hydrogen (secondary N) is 2. The van der Waals surface area contributed by atoms with Gasteiger partial charge in [0.2, 0.25) is 5.91 Å². The van der Waals surface area contributed by atoms with E-state index in [9.17, 15) is 14.0 Å². The van der Waals surface area contributed by atoms with Crippen molar-refractivity contribution in [3.63, 3.8) is 0 Å². The maximum atomic E-state index is 13.6. The van der Waals surface area contributed by atoms with Gasteiger partial charge in [-0.1, -0.05) is 26.0 Å². The molecular formula is C20H23FN2O3. The van der Waals surface area contributed by atoms with Gasteiger partial charge in [-0.15, -0.1) is 0 Å². The molecule has 0 aliphatic heterocycles. The lowest BCUT2D eigenvalue weighted by Gasteiger charge is -2.11. The normalized spacial score (nSPS) is 11.5. The number of amides is 1. The molecule has 0 saturated heterocycles. The van der Waals surface area contributed by atoms with Crippen LogP contribution in [0.25, 0.3) is 0 Å². The summed E-state index contributed by atoms with van der Waals surface area (Å²) in [6, 6.07) is 11.7. The van der Waals surface area contributed by atoms with Gasteiger partial charge in [0.05, 0.1) is 19.2 Å². The predicted octanol–water partition coefficient (Wildman–Crippen LogP) is 4.18. The molecule has 6 heteroatoms. The lowest BCUT2D eigenvalue weighted by molar-refractivity contribution is -0.114. The highest BCUT2D eigenvalue weighted by molar-refractivity contribution is 5.94. The molecule has 1 amide bonds. The van der Waals surface area contributed by atoms with Gasteiger partial charge in [-0.25, -0.2) is 9.18 Å². The van der Waals surface area contributed by atoms with Crippen molar-refractivity contribution in [3.8, 4) is 0 Å². The fourth-order valence-electron chi connectivity index (χ4n) is 2.42. The fraction of sp³-hybridized carbons (Fsp3) is 0.300. The van der Waals surface area contributed by atoms with Gasteiger partial charge in [0.15, 0.2) is 0 Å². The van der Waals surface area contributed by atoms with Gasteiger partial charge in [0.1, 0.15) is 5.82 Å². The molecule has 2 rings (SSSR count). The Labute approximate surface area is 152 Å². The van der Waals surface area contributed by atoms with E-state index >= 15 is 0 Å². The Morgan fingerprint density at radius 3 is 2.38 bits per heavy atom. The van der Waals surface area contributed by atoms with Crippen LogP contribution in [0.15, 0.2) is 42.5 Å². The summed E-state index contributed by atoms with van der Waals surface area (Å²) in [7, 11) is 1.18. The zero-order valence-electron chi connectivity index (χ0n) is 15.1. The first-order chi connectivity index (χ1) is 12.4. The summed E-state index contributed by atoms with van der Waals surface area (Å²) < 4.78 is 18.1. The van der Waals surface area contributed by atoms with Crippen molar-refractivity contribution in [2.75, 3.05) is 24.3 Å². The van der Waals surface area contributed by atoms with Gasteiger partial charge in [-0.2, -0.15) is 0 Å². The molecule has 0 heterocycles. The SMILES string of the molecule is CCC(C)c1ccc(NC(=O)CNc2ccc(F)c(C(=O)OC)c2)cc1. The average molecular weight is 358 g/mol. The summed E-state index contributed by atoms with van der Waals surface area (Å²) in [5.74, 6) is -1.21. The lowest BCUT2D eigenvalue weighted by atomic mass is 9.99. The highest BCUT2D eigenvalue weighted by Gasteiger charge is 2.13. The Balaban J connectivity index is 1.93.